The van der Waals surface area contributed by atoms with Crippen molar-refractivity contribution in [2.75, 3.05) is 19.6 Å². The van der Waals surface area contributed by atoms with Gasteiger partial charge in [0.25, 0.3) is 0 Å². The number of carbonyl (C=O) groups is 1. The molecule has 0 rings (SSSR count). The molecule has 6 nitrogen and oxygen atoms in total. The zero-order valence-corrected chi connectivity index (χ0v) is 6.45. The van der Waals surface area contributed by atoms with Gasteiger partial charge in [-0.25, -0.2) is 5.84 Å². The summed E-state index contributed by atoms with van der Waals surface area (Å²) in [6, 6.07) is 3.67. The molecule has 64 valence electrons. The summed E-state index contributed by atoms with van der Waals surface area (Å²) < 4.78 is 0. The number of nitrogens with two attached hydrogens (primary N) is 1. The van der Waals surface area contributed by atoms with Crippen LogP contribution in [-0.4, -0.2) is 30.4 Å². The first kappa shape index (κ1) is 10.4. The van der Waals surface area contributed by atoms with Crippen LogP contribution in [0.4, 0.5) is 0 Å². The number of nitrogens with zero attached hydrogens (tertiary/aromatic N) is 3. The van der Waals surface area contributed by atoms with Gasteiger partial charge in [-0.1, -0.05) is 0 Å². The molecule has 0 bridgehead atoms. The molecular weight excluding hydrogens is 158 g/mol. The average molecular weight is 167 g/mol. The van der Waals surface area contributed by atoms with Crippen molar-refractivity contribution in [3.8, 4) is 12.1 Å². The highest BCUT2D eigenvalue weighted by atomic mass is 16.2. The van der Waals surface area contributed by atoms with Gasteiger partial charge >= 0.3 is 0 Å². The number of hydrogen-bond acceptors (Lipinski definition) is 5. The third-order valence-corrected chi connectivity index (χ3v) is 1.12. The van der Waals surface area contributed by atoms with Crippen LogP contribution in [0.25, 0.3) is 0 Å². The van der Waals surface area contributed by atoms with Gasteiger partial charge in [0, 0.05) is 0 Å². The lowest BCUT2D eigenvalue weighted by atomic mass is 10.4. The Morgan fingerprint density at radius 1 is 1.42 bits per heavy atom. The summed E-state index contributed by atoms with van der Waals surface area (Å²) >= 11 is 0. The molecule has 0 heterocycles. The second-order valence-corrected chi connectivity index (χ2v) is 2.03. The molecule has 0 aliphatic rings. The van der Waals surface area contributed by atoms with Crippen molar-refractivity contribution >= 4 is 5.91 Å². The summed E-state index contributed by atoms with van der Waals surface area (Å²) in [5, 5.41) is 16.6. The van der Waals surface area contributed by atoms with Gasteiger partial charge in [0.2, 0.25) is 5.91 Å². The van der Waals surface area contributed by atoms with E-state index in [2.05, 4.69) is 0 Å². The zero-order valence-electron chi connectivity index (χ0n) is 6.45. The Bertz CT molecular complexity index is 209. The molecule has 0 aliphatic heterocycles. The standard InChI is InChI=1S/C6H9N5O/c7-1-3-11(4-2-8)5-6(12)10-9/h3-5,9H2,(H,10,12). The maximum Gasteiger partial charge on any atom is 0.248 e. The summed E-state index contributed by atoms with van der Waals surface area (Å²) in [4.78, 5) is 12.1. The molecule has 0 radical (unpaired) electrons. The molecule has 0 aromatic heterocycles. The first-order valence-corrected chi connectivity index (χ1v) is 3.20. The fourth-order valence-corrected chi connectivity index (χ4v) is 0.616. The van der Waals surface area contributed by atoms with E-state index in [0.717, 1.165) is 0 Å². The Kier molecular flexibility index (Phi) is 5.28. The second kappa shape index (κ2) is 6.10. The van der Waals surface area contributed by atoms with E-state index < -0.39 is 5.91 Å². The molecule has 12 heavy (non-hydrogen) atoms. The van der Waals surface area contributed by atoms with Crippen LogP contribution in [0.2, 0.25) is 0 Å². The van der Waals surface area contributed by atoms with Crippen molar-refractivity contribution in [3.63, 3.8) is 0 Å². The average Bonchev–Trinajstić information content (AvgIpc) is 2.05. The number of nitriles is 2. The molecule has 0 aliphatic carbocycles. The normalized spacial score (nSPS) is 8.67. The lowest BCUT2D eigenvalue weighted by Crippen LogP contribution is -2.40. The minimum atomic E-state index is -0.416. The van der Waals surface area contributed by atoms with Crippen LogP contribution in [0.1, 0.15) is 0 Å². The molecule has 0 fully saturated rings. The zero-order chi connectivity index (χ0) is 9.40. The summed E-state index contributed by atoms with van der Waals surface area (Å²) in [6.07, 6.45) is 0. The second-order valence-electron chi connectivity index (χ2n) is 2.03. The van der Waals surface area contributed by atoms with Gasteiger partial charge in [-0.05, 0) is 0 Å². The van der Waals surface area contributed by atoms with Crippen molar-refractivity contribution in [1.82, 2.24) is 10.3 Å². The summed E-state index contributed by atoms with van der Waals surface area (Å²) in [6.45, 7) is 0.0551. The Morgan fingerprint density at radius 2 is 1.92 bits per heavy atom. The smallest absolute Gasteiger partial charge is 0.248 e. The Balaban J connectivity index is 3.89. The minimum absolute atomic E-state index is 0.0301. The fourth-order valence-electron chi connectivity index (χ4n) is 0.616. The third kappa shape index (κ3) is 4.23. The predicted octanol–water partition coefficient (Wildman–Crippen LogP) is -1.67. The van der Waals surface area contributed by atoms with E-state index in [1.165, 1.54) is 4.90 Å². The van der Waals surface area contributed by atoms with Crippen LogP contribution < -0.4 is 11.3 Å². The number of rotatable bonds is 4. The van der Waals surface area contributed by atoms with Crippen molar-refractivity contribution in [1.29, 1.82) is 10.5 Å². The number of hydrazine groups is 1. The molecule has 0 spiro atoms. The number of carbonyl (C=O) groups excluding carboxylic acids is 1. The number of nitrogens with one attached hydrogen (secondary N) is 1. The van der Waals surface area contributed by atoms with Crippen LogP contribution in [0, 0.1) is 22.7 Å². The topological polar surface area (TPSA) is 106 Å². The van der Waals surface area contributed by atoms with Crippen LogP contribution >= 0.6 is 0 Å². The van der Waals surface area contributed by atoms with Gasteiger partial charge in [0.05, 0.1) is 31.8 Å². The molecule has 1 amide bonds. The van der Waals surface area contributed by atoms with Gasteiger partial charge in [-0.3, -0.25) is 15.1 Å². The van der Waals surface area contributed by atoms with Crippen LogP contribution in [0.15, 0.2) is 0 Å². The fraction of sp³-hybridized carbons (Fsp3) is 0.500. The van der Waals surface area contributed by atoms with Crippen LogP contribution in [0.3, 0.4) is 0 Å². The third-order valence-electron chi connectivity index (χ3n) is 1.12. The Labute approximate surface area is 70.1 Å². The van der Waals surface area contributed by atoms with Gasteiger partial charge in [-0.2, -0.15) is 10.5 Å². The molecule has 3 N–H and O–H groups in total. The van der Waals surface area contributed by atoms with E-state index in [1.54, 1.807) is 0 Å². The first-order chi connectivity index (χ1) is 5.74. The lowest BCUT2D eigenvalue weighted by Gasteiger charge is -2.12. The quantitative estimate of drug-likeness (QED) is 0.225. The number of amides is 1. The monoisotopic (exact) mass is 167 g/mol. The van der Waals surface area contributed by atoms with E-state index in [4.69, 9.17) is 16.4 Å². The first-order valence-electron chi connectivity index (χ1n) is 3.20. The SMILES string of the molecule is N#CCN(CC#N)CC(=O)NN. The van der Waals surface area contributed by atoms with E-state index in [1.807, 2.05) is 17.6 Å². The Morgan fingerprint density at radius 3 is 2.25 bits per heavy atom. The summed E-state index contributed by atoms with van der Waals surface area (Å²) in [7, 11) is 0. The maximum atomic E-state index is 10.7. The van der Waals surface area contributed by atoms with Crippen LogP contribution in [-0.2, 0) is 4.79 Å². The molecule has 0 aromatic rings. The molecule has 0 unspecified atom stereocenters. The summed E-state index contributed by atoms with van der Waals surface area (Å²) in [5.41, 5.74) is 1.91. The van der Waals surface area contributed by atoms with Gasteiger partial charge in [0.1, 0.15) is 0 Å². The Hall–Kier alpha value is -1.63. The molecule has 0 aromatic carbocycles. The summed E-state index contributed by atoms with van der Waals surface area (Å²) in [5.74, 6) is 4.40. The van der Waals surface area contributed by atoms with Gasteiger partial charge in [0.15, 0.2) is 0 Å². The predicted molar refractivity (Wildman–Crippen MR) is 40.0 cm³/mol. The molecule has 6 heteroatoms. The van der Waals surface area contributed by atoms with Gasteiger partial charge in [-0.15, -0.1) is 0 Å². The van der Waals surface area contributed by atoms with E-state index in [-0.39, 0.29) is 19.6 Å². The van der Waals surface area contributed by atoms with E-state index in [9.17, 15) is 4.79 Å². The molecule has 0 saturated carbocycles. The van der Waals surface area contributed by atoms with E-state index >= 15 is 0 Å². The lowest BCUT2D eigenvalue weighted by molar-refractivity contribution is -0.122. The molecular formula is C6H9N5O. The van der Waals surface area contributed by atoms with Crippen molar-refractivity contribution in [3.05, 3.63) is 0 Å². The number of hydrogen-bond donors (Lipinski definition) is 2. The van der Waals surface area contributed by atoms with E-state index in [0.29, 0.717) is 0 Å². The van der Waals surface area contributed by atoms with Crippen molar-refractivity contribution in [2.24, 2.45) is 5.84 Å². The molecule has 0 atom stereocenters. The van der Waals surface area contributed by atoms with Gasteiger partial charge < -0.3 is 0 Å². The highest BCUT2D eigenvalue weighted by molar-refractivity contribution is 5.77. The van der Waals surface area contributed by atoms with Crippen molar-refractivity contribution < 1.29 is 4.79 Å². The maximum absolute atomic E-state index is 10.7. The largest absolute Gasteiger partial charge is 0.293 e. The van der Waals surface area contributed by atoms with Crippen LogP contribution in [0.5, 0.6) is 0 Å². The minimum Gasteiger partial charge on any atom is -0.293 e. The highest BCUT2D eigenvalue weighted by Crippen LogP contribution is 1.84. The molecule has 0 saturated heterocycles. The van der Waals surface area contributed by atoms with Crippen molar-refractivity contribution in [2.45, 2.75) is 0 Å². The highest BCUT2D eigenvalue weighted by Gasteiger charge is 2.07.